The second-order valence-electron chi connectivity index (χ2n) is 7.52. The van der Waals surface area contributed by atoms with E-state index in [9.17, 15) is 14.6 Å². The number of aromatic nitrogens is 3. The van der Waals surface area contributed by atoms with Crippen LogP contribution in [0.2, 0.25) is 5.02 Å². The van der Waals surface area contributed by atoms with Gasteiger partial charge in [0.15, 0.2) is 11.8 Å². The van der Waals surface area contributed by atoms with Gasteiger partial charge in [0.05, 0.1) is 29.4 Å². The number of halogens is 2. The Morgan fingerprint density at radius 1 is 1.06 bits per heavy atom. The van der Waals surface area contributed by atoms with Gasteiger partial charge in [-0.25, -0.2) is 9.37 Å². The average molecular weight is 456 g/mol. The summed E-state index contributed by atoms with van der Waals surface area (Å²) in [4.78, 5) is 11.9. The van der Waals surface area contributed by atoms with Crippen molar-refractivity contribution in [2.24, 2.45) is 0 Å². The number of aromatic amines is 1. The molecule has 3 unspecified atom stereocenters. The largest absolute Gasteiger partial charge is 0.456 e. The second-order valence-corrected chi connectivity index (χ2v) is 7.92. The molecule has 4 aromatic rings. The zero-order valence-electron chi connectivity index (χ0n) is 16.7. The van der Waals surface area contributed by atoms with Gasteiger partial charge in [0, 0.05) is 5.56 Å². The fourth-order valence-corrected chi connectivity index (χ4v) is 3.94. The van der Waals surface area contributed by atoms with Crippen LogP contribution in [0.25, 0.3) is 33.5 Å². The van der Waals surface area contributed by atoms with Crippen LogP contribution in [0, 0.1) is 5.82 Å². The third-order valence-electron chi connectivity index (χ3n) is 5.42. The standard InChI is InChI=1S/C23H19ClFN3O4/c24-16-9-17-22(28-23(26-17)32-19-11-31-18(10-29)21(19)30)27-20(16)14-3-1-12(2-4-14)13-5-7-15(25)8-6-13/h1-9,18-19,21,29-30H,10-11H2,(H,26,27,28). The topological polar surface area (TPSA) is 100 Å². The van der Waals surface area contributed by atoms with Crippen LogP contribution in [0.15, 0.2) is 54.6 Å². The third-order valence-corrected chi connectivity index (χ3v) is 5.71. The van der Waals surface area contributed by atoms with Crippen LogP contribution in [0.3, 0.4) is 0 Å². The fraction of sp³-hybridized carbons (Fsp3) is 0.217. The van der Waals surface area contributed by atoms with E-state index in [0.29, 0.717) is 21.9 Å². The first kappa shape index (κ1) is 20.8. The molecule has 5 rings (SSSR count). The summed E-state index contributed by atoms with van der Waals surface area (Å²) in [7, 11) is 0. The molecule has 164 valence electrons. The molecule has 0 bridgehead atoms. The lowest BCUT2D eigenvalue weighted by Gasteiger charge is -2.15. The highest BCUT2D eigenvalue weighted by Gasteiger charge is 2.37. The van der Waals surface area contributed by atoms with Crippen molar-refractivity contribution in [1.82, 2.24) is 15.0 Å². The molecular formula is C23H19ClFN3O4. The lowest BCUT2D eigenvalue weighted by molar-refractivity contribution is -0.00390. The molecule has 0 saturated carbocycles. The van der Waals surface area contributed by atoms with Gasteiger partial charge < -0.3 is 24.7 Å². The summed E-state index contributed by atoms with van der Waals surface area (Å²) < 4.78 is 24.2. The maximum Gasteiger partial charge on any atom is 0.296 e. The zero-order chi connectivity index (χ0) is 22.2. The van der Waals surface area contributed by atoms with Crippen LogP contribution < -0.4 is 4.74 Å². The number of benzene rings is 2. The number of H-pyrrole nitrogens is 1. The summed E-state index contributed by atoms with van der Waals surface area (Å²) in [6.45, 7) is -0.148. The van der Waals surface area contributed by atoms with Crippen LogP contribution in [-0.4, -0.2) is 56.7 Å². The number of rotatable bonds is 5. The Balaban J connectivity index is 1.40. The van der Waals surface area contributed by atoms with Crippen molar-refractivity contribution in [2.45, 2.75) is 18.3 Å². The molecule has 0 amide bonds. The van der Waals surface area contributed by atoms with Gasteiger partial charge in [-0.1, -0.05) is 48.0 Å². The number of hydrogen-bond donors (Lipinski definition) is 3. The van der Waals surface area contributed by atoms with E-state index < -0.39 is 18.3 Å². The summed E-state index contributed by atoms with van der Waals surface area (Å²) in [6.07, 6.45) is -2.29. The van der Waals surface area contributed by atoms with Crippen LogP contribution in [0.1, 0.15) is 0 Å². The molecule has 0 radical (unpaired) electrons. The van der Waals surface area contributed by atoms with E-state index >= 15 is 0 Å². The van der Waals surface area contributed by atoms with Gasteiger partial charge in [0.1, 0.15) is 18.0 Å². The lowest BCUT2D eigenvalue weighted by atomic mass is 10.0. The van der Waals surface area contributed by atoms with E-state index in [1.165, 1.54) is 12.1 Å². The Kier molecular flexibility index (Phi) is 5.52. The molecular weight excluding hydrogens is 437 g/mol. The molecule has 1 aliphatic heterocycles. The smallest absolute Gasteiger partial charge is 0.296 e. The van der Waals surface area contributed by atoms with Crippen molar-refractivity contribution in [3.05, 3.63) is 65.4 Å². The normalized spacial score (nSPS) is 20.7. The quantitative estimate of drug-likeness (QED) is 0.425. The van der Waals surface area contributed by atoms with Gasteiger partial charge in [-0.3, -0.25) is 0 Å². The molecule has 1 fully saturated rings. The van der Waals surface area contributed by atoms with Crippen LogP contribution in [0.4, 0.5) is 4.39 Å². The zero-order valence-corrected chi connectivity index (χ0v) is 17.5. The maximum atomic E-state index is 13.2. The van der Waals surface area contributed by atoms with Crippen molar-refractivity contribution < 1.29 is 24.1 Å². The fourth-order valence-electron chi connectivity index (χ4n) is 3.68. The van der Waals surface area contributed by atoms with E-state index in [1.54, 1.807) is 18.2 Å². The van der Waals surface area contributed by atoms with E-state index in [2.05, 4.69) is 15.0 Å². The first-order chi connectivity index (χ1) is 15.5. The van der Waals surface area contributed by atoms with Crippen LogP contribution >= 0.6 is 11.6 Å². The predicted molar refractivity (Wildman–Crippen MR) is 117 cm³/mol. The van der Waals surface area contributed by atoms with Crippen molar-refractivity contribution in [2.75, 3.05) is 13.2 Å². The Labute approximate surface area is 187 Å². The Hall–Kier alpha value is -3.04. The van der Waals surface area contributed by atoms with E-state index in [0.717, 1.165) is 16.7 Å². The number of aliphatic hydroxyl groups excluding tert-OH is 2. The summed E-state index contributed by atoms with van der Waals surface area (Å²) >= 11 is 6.47. The highest BCUT2D eigenvalue weighted by molar-refractivity contribution is 6.33. The lowest BCUT2D eigenvalue weighted by Crippen LogP contribution is -2.36. The molecule has 3 N–H and O–H groups in total. The van der Waals surface area contributed by atoms with E-state index in [4.69, 9.17) is 21.1 Å². The summed E-state index contributed by atoms with van der Waals surface area (Å²) in [6, 6.07) is 15.8. The molecule has 1 saturated heterocycles. The van der Waals surface area contributed by atoms with Crippen LogP contribution in [-0.2, 0) is 4.74 Å². The summed E-state index contributed by atoms with van der Waals surface area (Å²) in [5, 5.41) is 19.8. The third kappa shape index (κ3) is 3.93. The molecule has 2 aromatic carbocycles. The molecule has 7 nitrogen and oxygen atoms in total. The predicted octanol–water partition coefficient (Wildman–Crippen LogP) is 3.58. The molecule has 3 heterocycles. The van der Waals surface area contributed by atoms with Gasteiger partial charge in [0.25, 0.3) is 6.01 Å². The van der Waals surface area contributed by atoms with Gasteiger partial charge in [-0.05, 0) is 29.3 Å². The average Bonchev–Trinajstić information content (AvgIpc) is 3.36. The first-order valence-corrected chi connectivity index (χ1v) is 10.4. The summed E-state index contributed by atoms with van der Waals surface area (Å²) in [5.41, 5.74) is 4.21. The molecule has 32 heavy (non-hydrogen) atoms. The number of ether oxygens (including phenoxy) is 2. The maximum absolute atomic E-state index is 13.2. The first-order valence-electron chi connectivity index (χ1n) is 10.0. The molecule has 9 heteroatoms. The number of fused-ring (bicyclic) bond motifs is 1. The Morgan fingerprint density at radius 3 is 2.38 bits per heavy atom. The van der Waals surface area contributed by atoms with E-state index in [-0.39, 0.29) is 25.0 Å². The minimum Gasteiger partial charge on any atom is -0.456 e. The van der Waals surface area contributed by atoms with Crippen molar-refractivity contribution in [3.63, 3.8) is 0 Å². The van der Waals surface area contributed by atoms with Crippen molar-refractivity contribution >= 4 is 22.8 Å². The minimum atomic E-state index is -0.958. The molecule has 3 atom stereocenters. The molecule has 2 aromatic heterocycles. The highest BCUT2D eigenvalue weighted by Crippen LogP contribution is 2.31. The van der Waals surface area contributed by atoms with Gasteiger partial charge in [-0.15, -0.1) is 0 Å². The Bertz CT molecular complexity index is 1250. The SMILES string of the molecule is OCC1OCC(Oc2nc3nc(-c4ccc(-c5ccc(F)cc5)cc4)c(Cl)cc3[nH]2)C1O. The number of nitrogens with one attached hydrogen (secondary N) is 1. The van der Waals surface area contributed by atoms with Gasteiger partial charge in [-0.2, -0.15) is 4.98 Å². The minimum absolute atomic E-state index is 0.142. The number of aliphatic hydroxyl groups is 2. The van der Waals surface area contributed by atoms with Gasteiger partial charge >= 0.3 is 0 Å². The Morgan fingerprint density at radius 2 is 1.72 bits per heavy atom. The summed E-state index contributed by atoms with van der Waals surface area (Å²) in [5.74, 6) is -0.278. The van der Waals surface area contributed by atoms with Crippen molar-refractivity contribution in [3.8, 4) is 28.4 Å². The van der Waals surface area contributed by atoms with E-state index in [1.807, 2.05) is 24.3 Å². The van der Waals surface area contributed by atoms with Crippen LogP contribution in [0.5, 0.6) is 6.01 Å². The molecule has 0 spiro atoms. The number of pyridine rings is 1. The second kappa shape index (κ2) is 8.48. The molecule has 0 aliphatic carbocycles. The monoisotopic (exact) mass is 455 g/mol. The highest BCUT2D eigenvalue weighted by atomic mass is 35.5. The molecule has 1 aliphatic rings. The van der Waals surface area contributed by atoms with Gasteiger partial charge in [0.2, 0.25) is 0 Å². The number of imidazole rings is 1. The number of nitrogens with zero attached hydrogens (tertiary/aromatic N) is 2. The van der Waals surface area contributed by atoms with Crippen molar-refractivity contribution in [1.29, 1.82) is 0 Å². The number of hydrogen-bond acceptors (Lipinski definition) is 6.